The molecular weight excluding hydrogens is 323 g/mol. The van der Waals surface area contributed by atoms with Crippen LogP contribution >= 0.6 is 0 Å². The van der Waals surface area contributed by atoms with Gasteiger partial charge in [-0.05, 0) is 18.1 Å². The fourth-order valence-electron chi connectivity index (χ4n) is 3.72. The zero-order valence-electron chi connectivity index (χ0n) is 13.2. The van der Waals surface area contributed by atoms with Crippen molar-refractivity contribution in [1.82, 2.24) is 4.90 Å². The number of carbonyl (C=O) groups is 1. The Hall–Kier alpha value is -1.60. The molecule has 1 N–H and O–H groups in total. The first kappa shape index (κ1) is 17.2. The van der Waals surface area contributed by atoms with Gasteiger partial charge in [0.05, 0.1) is 25.2 Å². The number of aliphatic hydroxyl groups is 1. The first-order chi connectivity index (χ1) is 11.4. The number of alkyl halides is 3. The van der Waals surface area contributed by atoms with Crippen LogP contribution in [0, 0.1) is 11.3 Å². The third kappa shape index (κ3) is 3.15. The third-order valence-electron chi connectivity index (χ3n) is 5.21. The van der Waals surface area contributed by atoms with Crippen LogP contribution in [-0.4, -0.2) is 48.8 Å². The summed E-state index contributed by atoms with van der Waals surface area (Å²) in [4.78, 5) is 14.1. The molecule has 4 nitrogen and oxygen atoms in total. The number of nitrogens with zero attached hydrogens (tertiary/aromatic N) is 1. The third-order valence-corrected chi connectivity index (χ3v) is 5.21. The number of hydrogen-bond acceptors (Lipinski definition) is 3. The number of carbonyl (C=O) groups excluding carboxylic acids is 1. The molecule has 0 radical (unpaired) electrons. The zero-order chi connectivity index (χ0) is 17.4. The molecule has 132 valence electrons. The number of fused-ring (bicyclic) bond motifs is 1. The molecule has 2 fully saturated rings. The highest BCUT2D eigenvalue weighted by molar-refractivity contribution is 5.79. The van der Waals surface area contributed by atoms with Gasteiger partial charge in [0.25, 0.3) is 0 Å². The lowest BCUT2D eigenvalue weighted by atomic mass is 9.75. The van der Waals surface area contributed by atoms with E-state index in [1.54, 1.807) is 4.90 Å². The maximum absolute atomic E-state index is 13.1. The number of benzene rings is 1. The molecule has 0 unspecified atom stereocenters. The molecule has 1 amide bonds. The van der Waals surface area contributed by atoms with Crippen molar-refractivity contribution in [2.24, 2.45) is 11.3 Å². The van der Waals surface area contributed by atoms with Crippen molar-refractivity contribution < 1.29 is 27.8 Å². The van der Waals surface area contributed by atoms with Crippen LogP contribution in [0.4, 0.5) is 13.2 Å². The van der Waals surface area contributed by atoms with E-state index in [0.717, 1.165) is 6.07 Å². The molecule has 0 bridgehead atoms. The molecule has 3 rings (SSSR count). The van der Waals surface area contributed by atoms with E-state index < -0.39 is 11.7 Å². The summed E-state index contributed by atoms with van der Waals surface area (Å²) in [6, 6.07) is 5.16. The normalized spacial score (nSPS) is 27.2. The number of amides is 1. The number of ether oxygens (including phenoxy) is 1. The number of aliphatic hydroxyl groups excluding tert-OH is 1. The van der Waals surface area contributed by atoms with Gasteiger partial charge in [-0.3, -0.25) is 4.79 Å². The van der Waals surface area contributed by atoms with Crippen molar-refractivity contribution in [3.8, 4) is 0 Å². The van der Waals surface area contributed by atoms with Gasteiger partial charge in [0.2, 0.25) is 5.91 Å². The minimum atomic E-state index is -4.48. The van der Waals surface area contributed by atoms with Crippen molar-refractivity contribution in [1.29, 1.82) is 0 Å². The lowest BCUT2D eigenvalue weighted by molar-refractivity contribution is -0.138. The summed E-state index contributed by atoms with van der Waals surface area (Å²) in [7, 11) is 0. The standard InChI is InChI=1S/C17H20F3NO3/c18-17(19,20)14-4-2-1-3-12(14)7-15(23)21-8-13-9-24-6-5-16(13,10-21)11-22/h1-4,13,22H,5-11H2/t13-,16-/m1/s1. The Morgan fingerprint density at radius 3 is 2.79 bits per heavy atom. The van der Waals surface area contributed by atoms with Crippen LogP contribution in [0.3, 0.4) is 0 Å². The molecule has 0 saturated carbocycles. The molecular formula is C17H20F3NO3. The van der Waals surface area contributed by atoms with Gasteiger partial charge in [-0.2, -0.15) is 13.2 Å². The van der Waals surface area contributed by atoms with E-state index >= 15 is 0 Å². The summed E-state index contributed by atoms with van der Waals surface area (Å²) in [6.07, 6.45) is -4.10. The SMILES string of the molecule is O=C(Cc1ccccc1C(F)(F)F)N1C[C@@H]2COCC[C@]2(CO)C1. The monoisotopic (exact) mass is 343 g/mol. The summed E-state index contributed by atoms with van der Waals surface area (Å²) < 4.78 is 44.6. The predicted molar refractivity (Wildman–Crippen MR) is 80.2 cm³/mol. The second-order valence-corrected chi connectivity index (χ2v) is 6.65. The smallest absolute Gasteiger partial charge is 0.396 e. The molecule has 7 heteroatoms. The maximum Gasteiger partial charge on any atom is 0.416 e. The molecule has 0 aliphatic carbocycles. The summed E-state index contributed by atoms with van der Waals surface area (Å²) in [5.41, 5.74) is -1.16. The molecule has 1 aromatic rings. The van der Waals surface area contributed by atoms with Gasteiger partial charge in [-0.25, -0.2) is 0 Å². The van der Waals surface area contributed by atoms with E-state index in [1.807, 2.05) is 0 Å². The van der Waals surface area contributed by atoms with Gasteiger partial charge in [-0.15, -0.1) is 0 Å². The first-order valence-electron chi connectivity index (χ1n) is 7.97. The molecule has 1 aromatic carbocycles. The minimum absolute atomic E-state index is 0.0147. The maximum atomic E-state index is 13.1. The Kier molecular flexibility index (Phi) is 4.57. The summed E-state index contributed by atoms with van der Waals surface area (Å²) in [5, 5.41) is 9.75. The quantitative estimate of drug-likeness (QED) is 0.914. The van der Waals surface area contributed by atoms with Crippen LogP contribution in [0.25, 0.3) is 0 Å². The van der Waals surface area contributed by atoms with Crippen molar-refractivity contribution in [2.75, 3.05) is 32.9 Å². The average molecular weight is 343 g/mol. The van der Waals surface area contributed by atoms with Crippen molar-refractivity contribution >= 4 is 5.91 Å². The van der Waals surface area contributed by atoms with Crippen molar-refractivity contribution in [3.63, 3.8) is 0 Å². The van der Waals surface area contributed by atoms with Gasteiger partial charge in [0, 0.05) is 31.0 Å². The van der Waals surface area contributed by atoms with E-state index in [9.17, 15) is 23.1 Å². The van der Waals surface area contributed by atoms with Gasteiger partial charge < -0.3 is 14.7 Å². The molecule has 0 spiro atoms. The summed E-state index contributed by atoms with van der Waals surface area (Å²) >= 11 is 0. The fraction of sp³-hybridized carbons (Fsp3) is 0.588. The molecule has 2 saturated heterocycles. The molecule has 2 atom stereocenters. The van der Waals surface area contributed by atoms with Gasteiger partial charge >= 0.3 is 6.18 Å². The summed E-state index contributed by atoms with van der Waals surface area (Å²) in [6.45, 7) is 1.78. The van der Waals surface area contributed by atoms with Crippen LogP contribution < -0.4 is 0 Å². The van der Waals surface area contributed by atoms with E-state index in [1.165, 1.54) is 18.2 Å². The Morgan fingerprint density at radius 1 is 1.38 bits per heavy atom. The molecule has 24 heavy (non-hydrogen) atoms. The van der Waals surface area contributed by atoms with E-state index in [4.69, 9.17) is 4.74 Å². The highest BCUT2D eigenvalue weighted by Gasteiger charge is 2.49. The lowest BCUT2D eigenvalue weighted by Gasteiger charge is -2.36. The first-order valence-corrected chi connectivity index (χ1v) is 7.97. The summed E-state index contributed by atoms with van der Waals surface area (Å²) in [5.74, 6) is -0.299. The van der Waals surface area contributed by atoms with Gasteiger partial charge in [-0.1, -0.05) is 18.2 Å². The van der Waals surface area contributed by atoms with Crippen LogP contribution in [0.15, 0.2) is 24.3 Å². The number of likely N-dealkylation sites (tertiary alicyclic amines) is 1. The fourth-order valence-corrected chi connectivity index (χ4v) is 3.72. The Balaban J connectivity index is 1.75. The largest absolute Gasteiger partial charge is 0.416 e. The number of hydrogen-bond donors (Lipinski definition) is 1. The molecule has 0 aromatic heterocycles. The molecule has 2 aliphatic heterocycles. The van der Waals surface area contributed by atoms with E-state index in [0.29, 0.717) is 32.7 Å². The van der Waals surface area contributed by atoms with E-state index in [2.05, 4.69) is 0 Å². The lowest BCUT2D eigenvalue weighted by Crippen LogP contribution is -2.41. The highest BCUT2D eigenvalue weighted by Crippen LogP contribution is 2.42. The minimum Gasteiger partial charge on any atom is -0.396 e. The van der Waals surface area contributed by atoms with Crippen LogP contribution in [0.5, 0.6) is 0 Å². The Labute approximate surface area is 138 Å². The predicted octanol–water partition coefficient (Wildman–Crippen LogP) is 2.11. The number of rotatable bonds is 3. The Morgan fingerprint density at radius 2 is 2.12 bits per heavy atom. The second kappa shape index (κ2) is 6.37. The van der Waals surface area contributed by atoms with E-state index in [-0.39, 0.29) is 35.8 Å². The topological polar surface area (TPSA) is 49.8 Å². The molecule has 2 heterocycles. The number of halogens is 3. The highest BCUT2D eigenvalue weighted by atomic mass is 19.4. The van der Waals surface area contributed by atoms with Crippen molar-refractivity contribution in [2.45, 2.75) is 19.0 Å². The average Bonchev–Trinajstić information content (AvgIpc) is 2.94. The Bertz CT molecular complexity index is 619. The zero-order valence-corrected chi connectivity index (χ0v) is 13.2. The second-order valence-electron chi connectivity index (χ2n) is 6.65. The van der Waals surface area contributed by atoms with Crippen LogP contribution in [0.1, 0.15) is 17.5 Å². The van der Waals surface area contributed by atoms with Gasteiger partial charge in [0.15, 0.2) is 0 Å². The van der Waals surface area contributed by atoms with Gasteiger partial charge in [0.1, 0.15) is 0 Å². The van der Waals surface area contributed by atoms with Crippen LogP contribution in [-0.2, 0) is 22.1 Å². The molecule has 2 aliphatic rings. The van der Waals surface area contributed by atoms with Crippen molar-refractivity contribution in [3.05, 3.63) is 35.4 Å². The van der Waals surface area contributed by atoms with Crippen LogP contribution in [0.2, 0.25) is 0 Å².